The van der Waals surface area contributed by atoms with Gasteiger partial charge in [-0.25, -0.2) is 0 Å². The Morgan fingerprint density at radius 1 is 0.333 bits per heavy atom. The van der Waals surface area contributed by atoms with Crippen LogP contribution in [0.1, 0.15) is 0 Å². The number of nitrogens with zero attached hydrogens (tertiary/aromatic N) is 2. The van der Waals surface area contributed by atoms with Crippen molar-refractivity contribution in [3.8, 4) is 27.9 Å². The van der Waals surface area contributed by atoms with Crippen LogP contribution in [0.4, 0.5) is 0 Å². The second-order valence-corrected chi connectivity index (χ2v) is 12.9. The van der Waals surface area contributed by atoms with Gasteiger partial charge in [-0.1, -0.05) is 133 Å². The van der Waals surface area contributed by atoms with Crippen molar-refractivity contribution in [3.05, 3.63) is 170 Å². The van der Waals surface area contributed by atoms with Crippen molar-refractivity contribution in [2.45, 2.75) is 0 Å². The van der Waals surface area contributed by atoms with Gasteiger partial charge in [0.2, 0.25) is 0 Å². The van der Waals surface area contributed by atoms with E-state index in [4.69, 9.17) is 0 Å². The molecule has 0 spiro atoms. The molecular formula is C46H28N2. The lowest BCUT2D eigenvalue weighted by atomic mass is 9.94. The van der Waals surface area contributed by atoms with Gasteiger partial charge in [0.1, 0.15) is 0 Å². The number of para-hydroxylation sites is 1. The monoisotopic (exact) mass is 608 g/mol. The molecule has 0 aliphatic rings. The van der Waals surface area contributed by atoms with Crippen LogP contribution >= 0.6 is 0 Å². The lowest BCUT2D eigenvalue weighted by Gasteiger charge is -2.14. The molecule has 8 aromatic carbocycles. The molecule has 11 rings (SSSR count). The molecule has 0 aliphatic heterocycles. The largest absolute Gasteiger partial charge is 0.309 e. The highest BCUT2D eigenvalue weighted by Crippen LogP contribution is 2.46. The molecular weight excluding hydrogens is 581 g/mol. The Bertz CT molecular complexity index is 3040. The van der Waals surface area contributed by atoms with Crippen molar-refractivity contribution in [3.63, 3.8) is 0 Å². The van der Waals surface area contributed by atoms with Crippen LogP contribution < -0.4 is 0 Å². The zero-order valence-corrected chi connectivity index (χ0v) is 26.1. The summed E-state index contributed by atoms with van der Waals surface area (Å²) in [6, 6.07) is 62.4. The van der Waals surface area contributed by atoms with E-state index in [2.05, 4.69) is 179 Å². The van der Waals surface area contributed by atoms with Gasteiger partial charge in [0.15, 0.2) is 0 Å². The van der Waals surface area contributed by atoms with Crippen LogP contribution in [0.2, 0.25) is 0 Å². The maximum Gasteiger partial charge on any atom is 0.0641 e. The summed E-state index contributed by atoms with van der Waals surface area (Å²) in [5.41, 5.74) is 12.3. The number of fused-ring (bicyclic) bond motifs is 8. The van der Waals surface area contributed by atoms with Gasteiger partial charge in [-0.2, -0.15) is 0 Å². The summed E-state index contributed by atoms with van der Waals surface area (Å²) >= 11 is 0. The van der Waals surface area contributed by atoms with Crippen molar-refractivity contribution < 1.29 is 0 Å². The molecule has 0 saturated heterocycles. The van der Waals surface area contributed by atoms with Crippen molar-refractivity contribution >= 4 is 70.7 Å². The fraction of sp³-hybridized carbons (Fsp3) is 0. The van der Waals surface area contributed by atoms with Crippen molar-refractivity contribution in [2.24, 2.45) is 0 Å². The summed E-state index contributed by atoms with van der Waals surface area (Å²) in [4.78, 5) is 0. The molecule has 48 heavy (non-hydrogen) atoms. The van der Waals surface area contributed by atoms with E-state index < -0.39 is 0 Å². The van der Waals surface area contributed by atoms with E-state index in [1.54, 1.807) is 0 Å². The van der Waals surface area contributed by atoms with E-state index in [1.807, 2.05) is 0 Å². The van der Waals surface area contributed by atoms with Crippen LogP contribution in [0.15, 0.2) is 170 Å². The number of aromatic nitrogens is 2. The summed E-state index contributed by atoms with van der Waals surface area (Å²) in [6.45, 7) is 0. The molecule has 0 radical (unpaired) electrons. The Labute approximate surface area is 276 Å². The fourth-order valence-corrected chi connectivity index (χ4v) is 8.48. The first-order chi connectivity index (χ1) is 23.8. The molecule has 0 bridgehead atoms. The van der Waals surface area contributed by atoms with E-state index in [0.717, 1.165) is 5.69 Å². The average Bonchev–Trinajstić information content (AvgIpc) is 3.63. The molecule has 0 aliphatic carbocycles. The van der Waals surface area contributed by atoms with Gasteiger partial charge in [-0.05, 0) is 74.8 Å². The molecule has 2 nitrogen and oxygen atoms in total. The summed E-state index contributed by atoms with van der Waals surface area (Å²) in [5, 5.41) is 10.3. The maximum absolute atomic E-state index is 2.53. The Morgan fingerprint density at radius 3 is 1.88 bits per heavy atom. The van der Waals surface area contributed by atoms with Crippen molar-refractivity contribution in [2.75, 3.05) is 0 Å². The van der Waals surface area contributed by atoms with Crippen LogP contribution in [0.25, 0.3) is 98.6 Å². The van der Waals surface area contributed by atoms with Gasteiger partial charge >= 0.3 is 0 Å². The maximum atomic E-state index is 2.53. The van der Waals surface area contributed by atoms with E-state index in [1.165, 1.54) is 92.9 Å². The molecule has 0 saturated carbocycles. The smallest absolute Gasteiger partial charge is 0.0641 e. The highest BCUT2D eigenvalue weighted by molar-refractivity contribution is 6.35. The number of hydrogen-bond donors (Lipinski definition) is 0. The Morgan fingerprint density at radius 2 is 0.979 bits per heavy atom. The van der Waals surface area contributed by atoms with E-state index in [-0.39, 0.29) is 0 Å². The minimum Gasteiger partial charge on any atom is -0.309 e. The third kappa shape index (κ3) is 3.36. The molecule has 11 aromatic rings. The summed E-state index contributed by atoms with van der Waals surface area (Å²) in [5.74, 6) is 0. The SMILES string of the molecule is c1ccc(-c2ccccc2-c2cccc(-n3c4cccc5c4c4c3ccc3c6ccccc6n(c6ccc7ccccc7c56)c34)c2)cc1. The van der Waals surface area contributed by atoms with Gasteiger partial charge in [0, 0.05) is 32.6 Å². The fourth-order valence-electron chi connectivity index (χ4n) is 8.48. The minimum absolute atomic E-state index is 1.16. The lowest BCUT2D eigenvalue weighted by Crippen LogP contribution is -1.95. The van der Waals surface area contributed by atoms with E-state index in [0.29, 0.717) is 0 Å². The van der Waals surface area contributed by atoms with Crippen LogP contribution in [-0.2, 0) is 0 Å². The molecule has 0 N–H and O–H groups in total. The predicted octanol–water partition coefficient (Wildman–Crippen LogP) is 12.4. The number of benzene rings is 8. The van der Waals surface area contributed by atoms with Crippen LogP contribution in [0.3, 0.4) is 0 Å². The first-order valence-corrected chi connectivity index (χ1v) is 16.6. The standard InChI is InChI=1S/C46H28N2/c1-2-12-29(13-3-1)33-17-6-7-18-34(33)31-15-10-16-32(28-31)47-40-23-11-21-38-43-35-19-5-4-14-30(35)24-26-41(43)48-39-22-9-8-20-36(39)37-25-27-42(47)45(44(38)40)46(37)48/h1-28H. The van der Waals surface area contributed by atoms with Gasteiger partial charge in [-0.3, -0.25) is 0 Å². The normalized spacial score (nSPS) is 12.2. The Balaban J connectivity index is 1.31. The van der Waals surface area contributed by atoms with Gasteiger partial charge in [-0.15, -0.1) is 0 Å². The van der Waals surface area contributed by atoms with Gasteiger partial charge in [0.05, 0.1) is 27.6 Å². The predicted molar refractivity (Wildman–Crippen MR) is 204 cm³/mol. The molecule has 0 fully saturated rings. The molecule has 0 amide bonds. The molecule has 0 atom stereocenters. The summed E-state index contributed by atoms with van der Waals surface area (Å²) in [7, 11) is 0. The summed E-state index contributed by atoms with van der Waals surface area (Å²) < 4.78 is 5.02. The third-order valence-electron chi connectivity index (χ3n) is 10.4. The van der Waals surface area contributed by atoms with Crippen LogP contribution in [0.5, 0.6) is 0 Å². The van der Waals surface area contributed by atoms with E-state index in [9.17, 15) is 0 Å². The zero-order valence-electron chi connectivity index (χ0n) is 26.1. The van der Waals surface area contributed by atoms with Crippen molar-refractivity contribution in [1.29, 1.82) is 0 Å². The van der Waals surface area contributed by atoms with E-state index >= 15 is 0 Å². The quantitative estimate of drug-likeness (QED) is 0.189. The Hall–Kier alpha value is -6.38. The second kappa shape index (κ2) is 9.57. The second-order valence-electron chi connectivity index (χ2n) is 12.9. The minimum atomic E-state index is 1.16. The average molecular weight is 609 g/mol. The highest BCUT2D eigenvalue weighted by Gasteiger charge is 2.23. The summed E-state index contributed by atoms with van der Waals surface area (Å²) in [6.07, 6.45) is 0. The highest BCUT2D eigenvalue weighted by atomic mass is 15.0. The zero-order chi connectivity index (χ0) is 31.3. The molecule has 2 heteroatoms. The van der Waals surface area contributed by atoms with Crippen molar-refractivity contribution in [1.82, 2.24) is 8.97 Å². The topological polar surface area (TPSA) is 9.34 Å². The molecule has 3 heterocycles. The van der Waals surface area contributed by atoms with Gasteiger partial charge in [0.25, 0.3) is 0 Å². The van der Waals surface area contributed by atoms with Crippen LogP contribution in [-0.4, -0.2) is 8.97 Å². The molecule has 3 aromatic heterocycles. The van der Waals surface area contributed by atoms with Gasteiger partial charge < -0.3 is 8.97 Å². The molecule has 222 valence electrons. The first kappa shape index (κ1) is 25.8. The number of rotatable bonds is 3. The number of hydrogen-bond acceptors (Lipinski definition) is 0. The lowest BCUT2D eigenvalue weighted by molar-refractivity contribution is 1.18. The van der Waals surface area contributed by atoms with Crippen LogP contribution in [0, 0.1) is 0 Å². The Kier molecular flexibility index (Phi) is 5.14. The first-order valence-electron chi connectivity index (χ1n) is 16.6. The third-order valence-corrected chi connectivity index (χ3v) is 10.4. The molecule has 0 unspecified atom stereocenters.